The number of carbonyl (C=O) groups excluding carboxylic acids is 2. The Kier molecular flexibility index (Phi) is 4.53. The van der Waals surface area contributed by atoms with Crippen molar-refractivity contribution in [3.05, 3.63) is 76.5 Å². The fourth-order valence-electron chi connectivity index (χ4n) is 2.44. The molecule has 5 nitrogen and oxygen atoms in total. The van der Waals surface area contributed by atoms with E-state index in [4.69, 9.17) is 21.1 Å². The van der Waals surface area contributed by atoms with Gasteiger partial charge in [-0.25, -0.2) is 9.59 Å². The zero-order chi connectivity index (χ0) is 17.1. The van der Waals surface area contributed by atoms with Crippen molar-refractivity contribution in [1.29, 1.82) is 0 Å². The van der Waals surface area contributed by atoms with Gasteiger partial charge in [-0.1, -0.05) is 41.9 Å². The summed E-state index contributed by atoms with van der Waals surface area (Å²) in [5.74, 6) is -1.23. The van der Waals surface area contributed by atoms with E-state index in [2.05, 4.69) is 5.32 Å². The summed E-state index contributed by atoms with van der Waals surface area (Å²) in [5.41, 5.74) is 1.52. The van der Waals surface area contributed by atoms with E-state index >= 15 is 0 Å². The maximum atomic E-state index is 12.3. The largest absolute Gasteiger partial charge is 0.465 e. The molecule has 24 heavy (non-hydrogen) atoms. The fourth-order valence-corrected chi connectivity index (χ4v) is 2.57. The molecule has 3 rings (SSSR count). The van der Waals surface area contributed by atoms with Crippen molar-refractivity contribution < 1.29 is 19.1 Å². The molecule has 0 spiro atoms. The molecule has 2 aromatic carbocycles. The predicted molar refractivity (Wildman–Crippen MR) is 89.4 cm³/mol. The van der Waals surface area contributed by atoms with Crippen LogP contribution >= 0.6 is 11.6 Å². The highest BCUT2D eigenvalue weighted by atomic mass is 35.5. The lowest BCUT2D eigenvalue weighted by atomic mass is 10.0. The van der Waals surface area contributed by atoms with Crippen molar-refractivity contribution in [2.24, 2.45) is 0 Å². The van der Waals surface area contributed by atoms with E-state index < -0.39 is 18.0 Å². The molecule has 1 N–H and O–H groups in total. The molecule has 0 fully saturated rings. The first-order chi connectivity index (χ1) is 11.6. The monoisotopic (exact) mass is 343 g/mol. The van der Waals surface area contributed by atoms with Crippen LogP contribution in [0.1, 0.15) is 11.7 Å². The van der Waals surface area contributed by atoms with E-state index in [1.807, 2.05) is 18.2 Å². The van der Waals surface area contributed by atoms with Gasteiger partial charge < -0.3 is 14.8 Å². The third-order valence-corrected chi connectivity index (χ3v) is 3.83. The number of anilines is 1. The second-order valence-electron chi connectivity index (χ2n) is 5.11. The second-order valence-corrected chi connectivity index (χ2v) is 5.54. The molecule has 1 unspecified atom stereocenters. The molecular weight excluding hydrogens is 330 g/mol. The fraction of sp³-hybridized carbons (Fsp3) is 0.111. The minimum Gasteiger partial charge on any atom is -0.465 e. The number of hydrogen-bond acceptors (Lipinski definition) is 5. The lowest BCUT2D eigenvalue weighted by molar-refractivity contribution is -0.141. The number of methoxy groups -OCH3 is 1. The molecule has 122 valence electrons. The SMILES string of the molecule is COC(=O)C1=C(Nc2ccc(Cl)cc2)C(=O)OC1c1ccccc1. The van der Waals surface area contributed by atoms with Crippen LogP contribution < -0.4 is 5.32 Å². The Balaban J connectivity index is 2.02. The molecule has 6 heteroatoms. The van der Waals surface area contributed by atoms with Crippen LogP contribution in [0.15, 0.2) is 65.9 Å². The van der Waals surface area contributed by atoms with Crippen LogP contribution in [0.5, 0.6) is 0 Å². The molecule has 0 aliphatic carbocycles. The maximum Gasteiger partial charge on any atom is 0.356 e. The summed E-state index contributed by atoms with van der Waals surface area (Å²) in [6, 6.07) is 15.8. The summed E-state index contributed by atoms with van der Waals surface area (Å²) in [4.78, 5) is 24.5. The van der Waals surface area contributed by atoms with Gasteiger partial charge in [0.2, 0.25) is 0 Å². The molecule has 0 amide bonds. The van der Waals surface area contributed by atoms with E-state index in [9.17, 15) is 9.59 Å². The van der Waals surface area contributed by atoms with Gasteiger partial charge in [0.05, 0.1) is 7.11 Å². The highest BCUT2D eigenvalue weighted by Crippen LogP contribution is 2.36. The third kappa shape index (κ3) is 3.12. The summed E-state index contributed by atoms with van der Waals surface area (Å²) < 4.78 is 10.2. The third-order valence-electron chi connectivity index (χ3n) is 3.58. The van der Waals surface area contributed by atoms with Crippen LogP contribution in [0.25, 0.3) is 0 Å². The molecule has 1 atom stereocenters. The number of ether oxygens (including phenoxy) is 2. The summed E-state index contributed by atoms with van der Waals surface area (Å²) in [6.07, 6.45) is -0.805. The van der Waals surface area contributed by atoms with Gasteiger partial charge in [0.25, 0.3) is 0 Å². The second kappa shape index (κ2) is 6.76. The minimum atomic E-state index is -0.805. The number of esters is 2. The quantitative estimate of drug-likeness (QED) is 0.861. The molecule has 1 aliphatic rings. The standard InChI is InChI=1S/C18H14ClNO4/c1-23-17(21)14-15(20-13-9-7-12(19)8-10-13)18(22)24-16(14)11-5-3-2-4-6-11/h2-10,16,20H,1H3. The lowest BCUT2D eigenvalue weighted by Gasteiger charge is -2.12. The van der Waals surface area contributed by atoms with Crippen LogP contribution in [-0.2, 0) is 19.1 Å². The van der Waals surface area contributed by atoms with Gasteiger partial charge in [-0.15, -0.1) is 0 Å². The van der Waals surface area contributed by atoms with Crippen LogP contribution in [0.4, 0.5) is 5.69 Å². The maximum absolute atomic E-state index is 12.3. The average Bonchev–Trinajstić information content (AvgIpc) is 2.93. The Morgan fingerprint density at radius 2 is 1.79 bits per heavy atom. The van der Waals surface area contributed by atoms with Gasteiger partial charge in [0.15, 0.2) is 6.10 Å². The summed E-state index contributed by atoms with van der Waals surface area (Å²) in [5, 5.41) is 3.50. The van der Waals surface area contributed by atoms with Crippen molar-refractivity contribution in [3.8, 4) is 0 Å². The molecule has 0 bridgehead atoms. The molecule has 0 aromatic heterocycles. The summed E-state index contributed by atoms with van der Waals surface area (Å²) >= 11 is 5.86. The molecular formula is C18H14ClNO4. The van der Waals surface area contributed by atoms with Gasteiger partial charge >= 0.3 is 11.9 Å². The van der Waals surface area contributed by atoms with Crippen LogP contribution in [-0.4, -0.2) is 19.0 Å². The Morgan fingerprint density at radius 3 is 2.42 bits per heavy atom. The molecule has 1 aliphatic heterocycles. The van der Waals surface area contributed by atoms with Gasteiger partial charge in [-0.2, -0.15) is 0 Å². The van der Waals surface area contributed by atoms with Crippen LogP contribution in [0.2, 0.25) is 5.02 Å². The molecule has 0 saturated heterocycles. The van der Waals surface area contributed by atoms with E-state index in [0.29, 0.717) is 16.3 Å². The first-order valence-corrected chi connectivity index (χ1v) is 7.59. The van der Waals surface area contributed by atoms with Crippen LogP contribution in [0, 0.1) is 0 Å². The van der Waals surface area contributed by atoms with Crippen molar-refractivity contribution in [3.63, 3.8) is 0 Å². The number of halogens is 1. The molecule has 1 heterocycles. The van der Waals surface area contributed by atoms with E-state index in [-0.39, 0.29) is 11.3 Å². The number of hydrogen-bond donors (Lipinski definition) is 1. The van der Waals surface area contributed by atoms with Gasteiger partial charge in [-0.3, -0.25) is 0 Å². The molecule has 2 aromatic rings. The van der Waals surface area contributed by atoms with Crippen LogP contribution in [0.3, 0.4) is 0 Å². The summed E-state index contributed by atoms with van der Waals surface area (Å²) in [7, 11) is 1.26. The van der Waals surface area contributed by atoms with Crippen molar-refractivity contribution in [2.45, 2.75) is 6.10 Å². The van der Waals surface area contributed by atoms with Gasteiger partial charge in [0.1, 0.15) is 11.3 Å². The van der Waals surface area contributed by atoms with Crippen molar-refractivity contribution in [2.75, 3.05) is 12.4 Å². The van der Waals surface area contributed by atoms with Crippen molar-refractivity contribution >= 4 is 29.2 Å². The Hall–Kier alpha value is -2.79. The Bertz CT molecular complexity index is 800. The number of carbonyl (C=O) groups is 2. The normalized spacial score (nSPS) is 16.8. The molecule has 0 radical (unpaired) electrons. The van der Waals surface area contributed by atoms with E-state index in [0.717, 1.165) is 0 Å². The lowest BCUT2D eigenvalue weighted by Crippen LogP contribution is -2.14. The summed E-state index contributed by atoms with van der Waals surface area (Å²) in [6.45, 7) is 0. The van der Waals surface area contributed by atoms with Gasteiger partial charge in [-0.05, 0) is 29.8 Å². The minimum absolute atomic E-state index is 0.0676. The predicted octanol–water partition coefficient (Wildman–Crippen LogP) is 3.48. The molecule has 0 saturated carbocycles. The highest BCUT2D eigenvalue weighted by Gasteiger charge is 2.40. The van der Waals surface area contributed by atoms with E-state index in [1.54, 1.807) is 36.4 Å². The Labute approximate surface area is 143 Å². The van der Waals surface area contributed by atoms with Crippen molar-refractivity contribution in [1.82, 2.24) is 0 Å². The number of nitrogens with one attached hydrogen (secondary N) is 1. The first kappa shape index (κ1) is 16.1. The van der Waals surface area contributed by atoms with E-state index in [1.165, 1.54) is 7.11 Å². The Morgan fingerprint density at radius 1 is 1.12 bits per heavy atom. The smallest absolute Gasteiger partial charge is 0.356 e. The number of cyclic esters (lactones) is 1. The zero-order valence-electron chi connectivity index (χ0n) is 12.8. The number of benzene rings is 2. The topological polar surface area (TPSA) is 64.6 Å². The van der Waals surface area contributed by atoms with Gasteiger partial charge in [0, 0.05) is 10.7 Å². The highest BCUT2D eigenvalue weighted by molar-refractivity contribution is 6.30. The number of rotatable bonds is 4. The first-order valence-electron chi connectivity index (χ1n) is 7.21. The average molecular weight is 344 g/mol. The zero-order valence-corrected chi connectivity index (χ0v) is 13.5.